The summed E-state index contributed by atoms with van der Waals surface area (Å²) < 4.78 is 34.4. The summed E-state index contributed by atoms with van der Waals surface area (Å²) in [6.07, 6.45) is -0.759. The fourth-order valence-corrected chi connectivity index (χ4v) is 1.86. The average Bonchev–Trinajstić information content (AvgIpc) is 2.97. The van der Waals surface area contributed by atoms with Gasteiger partial charge >= 0.3 is 12.4 Å². The molecule has 0 N–H and O–H groups in total. The molecular formula is C15H16F2N2O3. The van der Waals surface area contributed by atoms with Crippen molar-refractivity contribution in [3.8, 4) is 5.75 Å². The molecule has 0 aliphatic rings. The van der Waals surface area contributed by atoms with Crippen molar-refractivity contribution < 1.29 is 22.7 Å². The molecule has 0 unspecified atom stereocenters. The average molecular weight is 310 g/mol. The van der Waals surface area contributed by atoms with Gasteiger partial charge < -0.3 is 9.15 Å². The van der Waals surface area contributed by atoms with Crippen molar-refractivity contribution in [2.24, 2.45) is 0 Å². The van der Waals surface area contributed by atoms with E-state index in [-0.39, 0.29) is 18.7 Å². The summed E-state index contributed by atoms with van der Waals surface area (Å²) in [5, 5.41) is 6.63. The SMILES string of the molecule is CCCc1ccc(OC(=O)CCc2nnc(C(F)F)o2)cc1. The van der Waals surface area contributed by atoms with E-state index < -0.39 is 18.3 Å². The maximum absolute atomic E-state index is 12.3. The van der Waals surface area contributed by atoms with Crippen molar-refractivity contribution in [1.82, 2.24) is 10.2 Å². The number of hydrogen-bond acceptors (Lipinski definition) is 5. The Balaban J connectivity index is 1.81. The number of carbonyl (C=O) groups is 1. The highest BCUT2D eigenvalue weighted by atomic mass is 19.3. The molecule has 0 radical (unpaired) electrons. The molecule has 0 saturated carbocycles. The lowest BCUT2D eigenvalue weighted by Gasteiger charge is -2.04. The van der Waals surface area contributed by atoms with Crippen LogP contribution in [0.25, 0.3) is 0 Å². The summed E-state index contributed by atoms with van der Waals surface area (Å²) in [7, 11) is 0. The third kappa shape index (κ3) is 4.61. The molecule has 22 heavy (non-hydrogen) atoms. The minimum Gasteiger partial charge on any atom is -0.427 e. The van der Waals surface area contributed by atoms with Gasteiger partial charge in [-0.15, -0.1) is 10.2 Å². The van der Waals surface area contributed by atoms with E-state index in [1.165, 1.54) is 5.56 Å². The van der Waals surface area contributed by atoms with Crippen LogP contribution in [-0.4, -0.2) is 16.2 Å². The molecule has 0 aliphatic heterocycles. The third-order valence-corrected chi connectivity index (χ3v) is 2.91. The summed E-state index contributed by atoms with van der Waals surface area (Å²) >= 11 is 0. The van der Waals surface area contributed by atoms with Gasteiger partial charge in [0.25, 0.3) is 5.89 Å². The lowest BCUT2D eigenvalue weighted by atomic mass is 10.1. The highest BCUT2D eigenvalue weighted by Gasteiger charge is 2.16. The largest absolute Gasteiger partial charge is 0.427 e. The van der Waals surface area contributed by atoms with Gasteiger partial charge in [0.1, 0.15) is 5.75 Å². The van der Waals surface area contributed by atoms with E-state index in [0.29, 0.717) is 5.75 Å². The summed E-state index contributed by atoms with van der Waals surface area (Å²) in [6.45, 7) is 2.09. The van der Waals surface area contributed by atoms with Gasteiger partial charge in [-0.1, -0.05) is 25.5 Å². The standard InChI is InChI=1S/C15H16F2N2O3/c1-2-3-10-4-6-11(7-5-10)21-13(20)9-8-12-18-19-15(22-12)14(16)17/h4-7,14H,2-3,8-9H2,1H3. The zero-order chi connectivity index (χ0) is 15.9. The Labute approximate surface area is 126 Å². The molecule has 0 bridgehead atoms. The van der Waals surface area contributed by atoms with Gasteiger partial charge in [0.2, 0.25) is 5.89 Å². The predicted octanol–water partition coefficient (Wildman–Crippen LogP) is 3.50. The van der Waals surface area contributed by atoms with Gasteiger partial charge in [-0.05, 0) is 24.1 Å². The highest BCUT2D eigenvalue weighted by molar-refractivity contribution is 5.72. The van der Waals surface area contributed by atoms with Crippen LogP contribution >= 0.6 is 0 Å². The normalized spacial score (nSPS) is 10.9. The second kappa shape index (κ2) is 7.63. The van der Waals surface area contributed by atoms with Crippen LogP contribution in [0.2, 0.25) is 0 Å². The smallest absolute Gasteiger partial charge is 0.314 e. The molecule has 0 fully saturated rings. The number of aryl methyl sites for hydroxylation is 2. The number of aromatic nitrogens is 2. The summed E-state index contributed by atoms with van der Waals surface area (Å²) in [5.41, 5.74) is 1.17. The molecule has 118 valence electrons. The Morgan fingerprint density at radius 3 is 2.55 bits per heavy atom. The second-order valence-electron chi connectivity index (χ2n) is 4.70. The number of halogens is 2. The topological polar surface area (TPSA) is 65.2 Å². The first-order chi connectivity index (χ1) is 10.6. The number of nitrogens with zero attached hydrogens (tertiary/aromatic N) is 2. The van der Waals surface area contributed by atoms with Crippen molar-refractivity contribution in [2.45, 2.75) is 39.0 Å². The van der Waals surface area contributed by atoms with E-state index in [0.717, 1.165) is 12.8 Å². The maximum Gasteiger partial charge on any atom is 0.314 e. The van der Waals surface area contributed by atoms with E-state index >= 15 is 0 Å². The van der Waals surface area contributed by atoms with Crippen LogP contribution in [-0.2, 0) is 17.6 Å². The number of rotatable bonds is 7. The van der Waals surface area contributed by atoms with E-state index in [9.17, 15) is 13.6 Å². The summed E-state index contributed by atoms with van der Waals surface area (Å²) in [5.74, 6) is -0.788. The monoisotopic (exact) mass is 310 g/mol. The van der Waals surface area contributed by atoms with Crippen molar-refractivity contribution in [3.05, 3.63) is 41.6 Å². The van der Waals surface area contributed by atoms with Crippen LogP contribution in [0.3, 0.4) is 0 Å². The Morgan fingerprint density at radius 2 is 1.95 bits per heavy atom. The molecular weight excluding hydrogens is 294 g/mol. The first-order valence-corrected chi connectivity index (χ1v) is 6.98. The van der Waals surface area contributed by atoms with Crippen LogP contribution in [0.5, 0.6) is 5.75 Å². The van der Waals surface area contributed by atoms with Gasteiger partial charge in [-0.3, -0.25) is 4.79 Å². The lowest BCUT2D eigenvalue weighted by molar-refractivity contribution is -0.134. The van der Waals surface area contributed by atoms with E-state index in [1.54, 1.807) is 12.1 Å². The number of benzene rings is 1. The molecule has 2 aromatic rings. The van der Waals surface area contributed by atoms with E-state index in [4.69, 9.17) is 9.15 Å². The van der Waals surface area contributed by atoms with Crippen LogP contribution in [0.15, 0.2) is 28.7 Å². The number of hydrogen-bond donors (Lipinski definition) is 0. The van der Waals surface area contributed by atoms with Crippen molar-refractivity contribution in [3.63, 3.8) is 0 Å². The van der Waals surface area contributed by atoms with Crippen molar-refractivity contribution in [2.75, 3.05) is 0 Å². The van der Waals surface area contributed by atoms with Gasteiger partial charge in [0.05, 0.1) is 6.42 Å². The zero-order valence-corrected chi connectivity index (χ0v) is 12.1. The molecule has 1 heterocycles. The minimum atomic E-state index is -2.81. The van der Waals surface area contributed by atoms with Crippen molar-refractivity contribution >= 4 is 5.97 Å². The summed E-state index contributed by atoms with van der Waals surface area (Å²) in [4.78, 5) is 11.7. The summed E-state index contributed by atoms with van der Waals surface area (Å²) in [6, 6.07) is 7.26. The van der Waals surface area contributed by atoms with Crippen LogP contribution in [0.4, 0.5) is 8.78 Å². The molecule has 1 aromatic heterocycles. The van der Waals surface area contributed by atoms with E-state index in [2.05, 4.69) is 17.1 Å². The fraction of sp³-hybridized carbons (Fsp3) is 0.400. The number of esters is 1. The molecule has 0 aliphatic carbocycles. The quantitative estimate of drug-likeness (QED) is 0.578. The molecule has 0 spiro atoms. The molecule has 5 nitrogen and oxygen atoms in total. The van der Waals surface area contributed by atoms with Crippen LogP contribution in [0, 0.1) is 0 Å². The third-order valence-electron chi connectivity index (χ3n) is 2.91. The Morgan fingerprint density at radius 1 is 1.23 bits per heavy atom. The Hall–Kier alpha value is -2.31. The molecule has 0 atom stereocenters. The number of carbonyl (C=O) groups excluding carboxylic acids is 1. The lowest BCUT2D eigenvalue weighted by Crippen LogP contribution is -2.09. The number of ether oxygens (including phenoxy) is 1. The Bertz CT molecular complexity index is 612. The van der Waals surface area contributed by atoms with Crippen LogP contribution < -0.4 is 4.74 Å². The highest BCUT2D eigenvalue weighted by Crippen LogP contribution is 2.18. The van der Waals surface area contributed by atoms with Crippen molar-refractivity contribution in [1.29, 1.82) is 0 Å². The van der Waals surface area contributed by atoms with Gasteiger partial charge in [-0.25, -0.2) is 0 Å². The minimum absolute atomic E-state index is 0.00876. The molecule has 0 saturated heterocycles. The predicted molar refractivity (Wildman–Crippen MR) is 73.6 cm³/mol. The molecule has 0 amide bonds. The second-order valence-corrected chi connectivity index (χ2v) is 4.70. The fourth-order valence-electron chi connectivity index (χ4n) is 1.86. The van der Waals surface area contributed by atoms with Gasteiger partial charge in [0.15, 0.2) is 0 Å². The first-order valence-electron chi connectivity index (χ1n) is 6.98. The number of alkyl halides is 2. The van der Waals surface area contributed by atoms with Gasteiger partial charge in [-0.2, -0.15) is 8.78 Å². The molecule has 1 aromatic carbocycles. The maximum atomic E-state index is 12.3. The molecule has 7 heteroatoms. The first kappa shape index (κ1) is 16.1. The van der Waals surface area contributed by atoms with E-state index in [1.807, 2.05) is 12.1 Å². The zero-order valence-electron chi connectivity index (χ0n) is 12.1. The molecule has 2 rings (SSSR count). The van der Waals surface area contributed by atoms with Gasteiger partial charge in [0, 0.05) is 6.42 Å². The van der Waals surface area contributed by atoms with Crippen LogP contribution in [0.1, 0.15) is 43.5 Å². The Kier molecular flexibility index (Phi) is 5.57.